The van der Waals surface area contributed by atoms with Gasteiger partial charge in [0, 0.05) is 6.20 Å². The van der Waals surface area contributed by atoms with Crippen LogP contribution in [-0.2, 0) is 11.0 Å². The summed E-state index contributed by atoms with van der Waals surface area (Å²) < 4.78 is 42.8. The van der Waals surface area contributed by atoms with Crippen molar-refractivity contribution in [2.24, 2.45) is 0 Å². The highest BCUT2D eigenvalue weighted by molar-refractivity contribution is 7.19. The van der Waals surface area contributed by atoms with Gasteiger partial charge >= 0.3 is 6.18 Å². The van der Waals surface area contributed by atoms with Crippen molar-refractivity contribution in [3.63, 3.8) is 0 Å². The van der Waals surface area contributed by atoms with Crippen LogP contribution in [0.2, 0.25) is 0 Å². The Morgan fingerprint density at radius 2 is 1.93 bits per heavy atom. The Labute approximate surface area is 156 Å². The van der Waals surface area contributed by atoms with Crippen molar-refractivity contribution >= 4 is 22.4 Å². The molecule has 0 fully saturated rings. The Morgan fingerprint density at radius 1 is 1.19 bits per heavy atom. The number of hydrogen-bond acceptors (Lipinski definition) is 5. The van der Waals surface area contributed by atoms with Gasteiger partial charge in [0.25, 0.3) is 5.91 Å². The molecule has 1 aromatic carbocycles. The molecule has 0 aliphatic carbocycles. The number of amides is 1. The molecule has 3 aromatic rings. The van der Waals surface area contributed by atoms with E-state index in [1.807, 2.05) is 19.1 Å². The number of anilines is 1. The van der Waals surface area contributed by atoms with Crippen molar-refractivity contribution in [2.75, 3.05) is 11.9 Å². The zero-order valence-electron chi connectivity index (χ0n) is 14.1. The molecule has 0 saturated heterocycles. The number of carbonyl (C=O) groups is 1. The minimum atomic E-state index is -4.41. The molecule has 1 N–H and O–H groups in total. The zero-order chi connectivity index (χ0) is 19.4. The van der Waals surface area contributed by atoms with Crippen LogP contribution < -0.4 is 10.1 Å². The van der Waals surface area contributed by atoms with Crippen LogP contribution in [-0.4, -0.2) is 22.5 Å². The molecule has 27 heavy (non-hydrogen) atoms. The van der Waals surface area contributed by atoms with Crippen LogP contribution >= 0.6 is 11.3 Å². The summed E-state index contributed by atoms with van der Waals surface area (Å²) >= 11 is 1.28. The fourth-order valence-electron chi connectivity index (χ4n) is 2.23. The number of thiazole rings is 1. The van der Waals surface area contributed by atoms with Gasteiger partial charge in [0.2, 0.25) is 0 Å². The molecule has 0 spiro atoms. The first-order chi connectivity index (χ1) is 12.8. The molecule has 0 saturated carbocycles. The van der Waals surface area contributed by atoms with E-state index in [1.54, 1.807) is 12.3 Å². The van der Waals surface area contributed by atoms with E-state index in [9.17, 15) is 18.0 Å². The second-order valence-electron chi connectivity index (χ2n) is 5.51. The number of benzene rings is 1. The average Bonchev–Trinajstić information content (AvgIpc) is 3.00. The van der Waals surface area contributed by atoms with Gasteiger partial charge in [0.05, 0.1) is 21.8 Å². The first kappa shape index (κ1) is 18.8. The molecule has 2 heterocycles. The summed E-state index contributed by atoms with van der Waals surface area (Å²) in [5.41, 5.74) is 0.714. The highest BCUT2D eigenvalue weighted by Crippen LogP contribution is 2.32. The summed E-state index contributed by atoms with van der Waals surface area (Å²) in [6.07, 6.45) is -2.74. The first-order valence-electron chi connectivity index (χ1n) is 7.81. The molecule has 1 amide bonds. The third-order valence-electron chi connectivity index (χ3n) is 3.49. The van der Waals surface area contributed by atoms with Crippen LogP contribution in [0.5, 0.6) is 5.75 Å². The van der Waals surface area contributed by atoms with Crippen LogP contribution in [0.25, 0.3) is 10.6 Å². The Morgan fingerprint density at radius 3 is 2.56 bits per heavy atom. The zero-order valence-corrected chi connectivity index (χ0v) is 14.9. The van der Waals surface area contributed by atoms with Crippen molar-refractivity contribution in [3.05, 3.63) is 59.9 Å². The van der Waals surface area contributed by atoms with E-state index in [1.165, 1.54) is 23.5 Å². The largest absolute Gasteiger partial charge is 0.484 e. The lowest BCUT2D eigenvalue weighted by Gasteiger charge is -2.08. The average molecular weight is 393 g/mol. The van der Waals surface area contributed by atoms with Crippen molar-refractivity contribution < 1.29 is 22.7 Å². The van der Waals surface area contributed by atoms with E-state index in [0.29, 0.717) is 5.13 Å². The van der Waals surface area contributed by atoms with E-state index < -0.39 is 17.6 Å². The Balaban J connectivity index is 1.58. The third kappa shape index (κ3) is 4.82. The van der Waals surface area contributed by atoms with Gasteiger partial charge in [-0.3, -0.25) is 15.1 Å². The monoisotopic (exact) mass is 393 g/mol. The number of aromatic nitrogens is 2. The topological polar surface area (TPSA) is 64.1 Å². The van der Waals surface area contributed by atoms with Crippen LogP contribution in [0.1, 0.15) is 11.3 Å². The number of ether oxygens (including phenoxy) is 1. The minimum Gasteiger partial charge on any atom is -0.484 e. The SMILES string of the molecule is Cc1nc(NC(=O)COc2ccc(C(F)(F)F)cc2)sc1-c1ccccn1. The molecule has 0 aliphatic heterocycles. The molecule has 2 aromatic heterocycles. The maximum Gasteiger partial charge on any atom is 0.416 e. The molecule has 140 valence electrons. The summed E-state index contributed by atoms with van der Waals surface area (Å²) in [4.78, 5) is 21.4. The van der Waals surface area contributed by atoms with Crippen molar-refractivity contribution in [3.8, 4) is 16.3 Å². The predicted octanol–water partition coefficient (Wildman–Crippen LogP) is 4.55. The number of hydrogen-bond donors (Lipinski definition) is 1. The van der Waals surface area contributed by atoms with Gasteiger partial charge < -0.3 is 4.74 Å². The smallest absolute Gasteiger partial charge is 0.416 e. The summed E-state index contributed by atoms with van der Waals surface area (Å²) in [7, 11) is 0. The van der Waals surface area contributed by atoms with Crippen molar-refractivity contribution in [2.45, 2.75) is 13.1 Å². The number of alkyl halides is 3. The number of halogens is 3. The first-order valence-corrected chi connectivity index (χ1v) is 8.63. The van der Waals surface area contributed by atoms with Crippen LogP contribution in [0, 0.1) is 6.92 Å². The van der Waals surface area contributed by atoms with E-state index in [0.717, 1.165) is 28.4 Å². The fraction of sp³-hybridized carbons (Fsp3) is 0.167. The fourth-order valence-corrected chi connectivity index (χ4v) is 3.19. The lowest BCUT2D eigenvalue weighted by Crippen LogP contribution is -2.20. The van der Waals surface area contributed by atoms with E-state index in [2.05, 4.69) is 15.3 Å². The predicted molar refractivity (Wildman–Crippen MR) is 95.7 cm³/mol. The van der Waals surface area contributed by atoms with Gasteiger partial charge in [0.1, 0.15) is 5.75 Å². The van der Waals surface area contributed by atoms with Gasteiger partial charge in [-0.1, -0.05) is 17.4 Å². The summed E-state index contributed by atoms with van der Waals surface area (Å²) in [6.45, 7) is 1.47. The van der Waals surface area contributed by atoms with E-state index >= 15 is 0 Å². The van der Waals surface area contributed by atoms with E-state index in [4.69, 9.17) is 4.74 Å². The second-order valence-corrected chi connectivity index (χ2v) is 6.51. The summed E-state index contributed by atoms with van der Waals surface area (Å²) in [6, 6.07) is 9.65. The highest BCUT2D eigenvalue weighted by Gasteiger charge is 2.30. The lowest BCUT2D eigenvalue weighted by molar-refractivity contribution is -0.137. The Kier molecular flexibility index (Phi) is 5.41. The number of nitrogens with zero attached hydrogens (tertiary/aromatic N) is 2. The number of rotatable bonds is 5. The quantitative estimate of drug-likeness (QED) is 0.691. The second kappa shape index (κ2) is 7.75. The molecule has 0 radical (unpaired) electrons. The molecule has 9 heteroatoms. The van der Waals surface area contributed by atoms with Gasteiger partial charge in [0.15, 0.2) is 11.7 Å². The van der Waals surface area contributed by atoms with Gasteiger partial charge in [-0.05, 0) is 43.3 Å². The van der Waals surface area contributed by atoms with Gasteiger partial charge in [-0.15, -0.1) is 0 Å². The molecule has 0 unspecified atom stereocenters. The summed E-state index contributed by atoms with van der Waals surface area (Å²) in [5, 5.41) is 3.01. The van der Waals surface area contributed by atoms with Crippen LogP contribution in [0.3, 0.4) is 0 Å². The molecular weight excluding hydrogens is 379 g/mol. The highest BCUT2D eigenvalue weighted by atomic mass is 32.1. The Hall–Kier alpha value is -2.94. The molecule has 0 atom stereocenters. The van der Waals surface area contributed by atoms with Crippen LogP contribution in [0.4, 0.5) is 18.3 Å². The number of carbonyl (C=O) groups excluding carboxylic acids is 1. The molecule has 0 aliphatic rings. The molecule has 3 rings (SSSR count). The third-order valence-corrected chi connectivity index (χ3v) is 4.59. The standard InChI is InChI=1S/C18H14F3N3O2S/c1-11-16(14-4-2-3-9-22-14)27-17(23-11)24-15(25)10-26-13-7-5-12(6-8-13)18(19,20)21/h2-9H,10H2,1H3,(H,23,24,25). The molecular formula is C18H14F3N3O2S. The maximum absolute atomic E-state index is 12.5. The Bertz CT molecular complexity index is 925. The van der Waals surface area contributed by atoms with E-state index in [-0.39, 0.29) is 12.4 Å². The minimum absolute atomic E-state index is 0.169. The number of nitrogens with one attached hydrogen (secondary N) is 1. The molecule has 0 bridgehead atoms. The van der Waals surface area contributed by atoms with Gasteiger partial charge in [-0.25, -0.2) is 4.98 Å². The number of pyridine rings is 1. The molecule has 5 nitrogen and oxygen atoms in total. The lowest BCUT2D eigenvalue weighted by atomic mass is 10.2. The van der Waals surface area contributed by atoms with Gasteiger partial charge in [-0.2, -0.15) is 13.2 Å². The summed E-state index contributed by atoms with van der Waals surface area (Å²) in [5.74, 6) is -0.293. The van der Waals surface area contributed by atoms with Crippen molar-refractivity contribution in [1.82, 2.24) is 9.97 Å². The maximum atomic E-state index is 12.5. The normalized spacial score (nSPS) is 11.3. The number of aryl methyl sites for hydroxylation is 1. The van der Waals surface area contributed by atoms with Crippen LogP contribution in [0.15, 0.2) is 48.7 Å². The van der Waals surface area contributed by atoms with Crippen molar-refractivity contribution in [1.29, 1.82) is 0 Å².